The molecule has 0 atom stereocenters. The Kier molecular flexibility index (Phi) is 4.30. The minimum absolute atomic E-state index is 0. The zero-order chi connectivity index (χ0) is 10.8. The summed E-state index contributed by atoms with van der Waals surface area (Å²) >= 11 is 0. The molecule has 0 radical (unpaired) electrons. The van der Waals surface area contributed by atoms with E-state index in [1.807, 2.05) is 6.20 Å². The van der Waals surface area contributed by atoms with Gasteiger partial charge in [0.2, 0.25) is 0 Å². The zero-order valence-electron chi connectivity index (χ0n) is 9.92. The summed E-state index contributed by atoms with van der Waals surface area (Å²) < 4.78 is 2.22. The Morgan fingerprint density at radius 3 is 2.62 bits per heavy atom. The number of benzene rings is 1. The molecule has 2 rings (SSSR count). The van der Waals surface area contributed by atoms with E-state index in [1.54, 1.807) is 0 Å². The van der Waals surface area contributed by atoms with Gasteiger partial charge in [-0.05, 0) is 32.4 Å². The van der Waals surface area contributed by atoms with Crippen molar-refractivity contribution in [1.29, 1.82) is 0 Å². The maximum atomic E-state index is 3.30. The third-order valence-electron chi connectivity index (χ3n) is 2.74. The van der Waals surface area contributed by atoms with Gasteiger partial charge in [-0.25, -0.2) is 9.55 Å². The van der Waals surface area contributed by atoms with Crippen LogP contribution in [0.4, 0.5) is 0 Å². The van der Waals surface area contributed by atoms with Gasteiger partial charge in [0.1, 0.15) is 12.4 Å². The molecule has 0 aliphatic carbocycles. The lowest BCUT2D eigenvalue weighted by molar-refractivity contribution is -0.681. The van der Waals surface area contributed by atoms with E-state index in [0.717, 1.165) is 6.54 Å². The highest BCUT2D eigenvalue weighted by Gasteiger charge is 2.13. The number of aromatic nitrogens is 2. The summed E-state index contributed by atoms with van der Waals surface area (Å²) in [4.78, 5) is 3.30. The lowest BCUT2D eigenvalue weighted by Gasteiger charge is -2.03. The molecule has 0 aliphatic heterocycles. The van der Waals surface area contributed by atoms with Crippen molar-refractivity contribution in [2.45, 2.75) is 27.3 Å². The number of imidazole rings is 1. The number of halogens is 1. The maximum Gasteiger partial charge on any atom is 0.286 e. The first kappa shape index (κ1) is 13.0. The van der Waals surface area contributed by atoms with Crippen molar-refractivity contribution in [1.82, 2.24) is 4.98 Å². The molecule has 0 saturated carbocycles. The summed E-state index contributed by atoms with van der Waals surface area (Å²) in [5.41, 5.74) is 3.91. The largest absolute Gasteiger partial charge is 1.00 e. The van der Waals surface area contributed by atoms with Crippen molar-refractivity contribution < 1.29 is 21.5 Å². The molecule has 1 aromatic heterocycles. The van der Waals surface area contributed by atoms with Crippen molar-refractivity contribution in [2.75, 3.05) is 0 Å². The molecule has 0 aliphatic rings. The smallest absolute Gasteiger partial charge is 0.286 e. The van der Waals surface area contributed by atoms with Crippen LogP contribution in [0.25, 0.3) is 11.4 Å². The lowest BCUT2D eigenvalue weighted by Crippen LogP contribution is -3.00. The number of H-pyrrole nitrogens is 1. The fraction of sp³-hybridized carbons (Fsp3) is 0.308. The molecule has 1 heterocycles. The van der Waals surface area contributed by atoms with Gasteiger partial charge >= 0.3 is 0 Å². The standard InChI is InChI=1S/C13H16N2.BrH/c1-4-15-8-7-14-13(15)12-6-5-10(2)9-11(12)3;/h5-9H,4H2,1-3H3;1H. The first-order valence-electron chi connectivity index (χ1n) is 5.37. The zero-order valence-corrected chi connectivity index (χ0v) is 11.5. The Morgan fingerprint density at radius 1 is 1.25 bits per heavy atom. The molecule has 2 aromatic rings. The highest BCUT2D eigenvalue weighted by atomic mass is 79.9. The van der Waals surface area contributed by atoms with Gasteiger partial charge in [0, 0.05) is 0 Å². The van der Waals surface area contributed by atoms with Crippen LogP contribution >= 0.6 is 0 Å². The minimum atomic E-state index is 0. The molecule has 2 nitrogen and oxygen atoms in total. The highest BCUT2D eigenvalue weighted by molar-refractivity contribution is 5.58. The summed E-state index contributed by atoms with van der Waals surface area (Å²) in [5, 5.41) is 0. The number of hydrogen-bond acceptors (Lipinski definition) is 0. The molecule has 0 amide bonds. The molecule has 0 unspecified atom stereocenters. The number of rotatable bonds is 2. The number of hydrogen-bond donors (Lipinski definition) is 1. The van der Waals surface area contributed by atoms with E-state index < -0.39 is 0 Å². The number of nitrogens with one attached hydrogen (secondary N) is 1. The number of nitrogens with zero attached hydrogens (tertiary/aromatic N) is 1. The third kappa shape index (κ3) is 2.35. The van der Waals surface area contributed by atoms with E-state index in [1.165, 1.54) is 22.5 Å². The topological polar surface area (TPSA) is 19.7 Å². The van der Waals surface area contributed by atoms with Crippen molar-refractivity contribution in [2.24, 2.45) is 0 Å². The van der Waals surface area contributed by atoms with E-state index >= 15 is 0 Å². The molecule has 3 heteroatoms. The van der Waals surface area contributed by atoms with Crippen LogP contribution in [0, 0.1) is 13.8 Å². The summed E-state index contributed by atoms with van der Waals surface area (Å²) in [6, 6.07) is 6.56. The van der Waals surface area contributed by atoms with Crippen LogP contribution in [0.3, 0.4) is 0 Å². The van der Waals surface area contributed by atoms with Gasteiger partial charge in [-0.3, -0.25) is 0 Å². The molecule has 1 aromatic carbocycles. The van der Waals surface area contributed by atoms with Gasteiger partial charge in [-0.1, -0.05) is 17.7 Å². The predicted molar refractivity (Wildman–Crippen MR) is 61.6 cm³/mol. The Balaban J connectivity index is 0.00000128. The Morgan fingerprint density at radius 2 is 2.00 bits per heavy atom. The first-order valence-corrected chi connectivity index (χ1v) is 5.37. The van der Waals surface area contributed by atoms with Crippen LogP contribution in [-0.4, -0.2) is 4.98 Å². The minimum Gasteiger partial charge on any atom is -1.00 e. The van der Waals surface area contributed by atoms with Gasteiger partial charge < -0.3 is 17.0 Å². The van der Waals surface area contributed by atoms with Gasteiger partial charge in [-0.2, -0.15) is 0 Å². The monoisotopic (exact) mass is 280 g/mol. The van der Waals surface area contributed by atoms with Gasteiger partial charge in [0.15, 0.2) is 0 Å². The third-order valence-corrected chi connectivity index (χ3v) is 2.74. The summed E-state index contributed by atoms with van der Waals surface area (Å²) in [6.07, 6.45) is 4.06. The van der Waals surface area contributed by atoms with Crippen LogP contribution in [0.2, 0.25) is 0 Å². The Bertz CT molecular complexity index is 475. The van der Waals surface area contributed by atoms with Gasteiger partial charge in [0.05, 0.1) is 12.1 Å². The van der Waals surface area contributed by atoms with Crippen LogP contribution < -0.4 is 21.5 Å². The van der Waals surface area contributed by atoms with Gasteiger partial charge in [-0.15, -0.1) is 0 Å². The number of aryl methyl sites for hydroxylation is 3. The van der Waals surface area contributed by atoms with E-state index in [0.29, 0.717) is 0 Å². The molecule has 1 N–H and O–H groups in total. The van der Waals surface area contributed by atoms with Crippen LogP contribution in [0.15, 0.2) is 30.6 Å². The second-order valence-electron chi connectivity index (χ2n) is 3.91. The quantitative estimate of drug-likeness (QED) is 0.724. The van der Waals surface area contributed by atoms with Crippen molar-refractivity contribution >= 4 is 0 Å². The van der Waals surface area contributed by atoms with Crippen molar-refractivity contribution in [3.05, 3.63) is 41.7 Å². The van der Waals surface area contributed by atoms with Crippen LogP contribution in [0.1, 0.15) is 18.1 Å². The summed E-state index contributed by atoms with van der Waals surface area (Å²) in [7, 11) is 0. The molecule has 86 valence electrons. The van der Waals surface area contributed by atoms with E-state index in [2.05, 4.69) is 54.7 Å². The van der Waals surface area contributed by atoms with E-state index in [4.69, 9.17) is 0 Å². The normalized spacial score (nSPS) is 9.94. The second-order valence-corrected chi connectivity index (χ2v) is 3.91. The number of aromatic amines is 1. The Hall–Kier alpha value is -1.09. The van der Waals surface area contributed by atoms with Crippen molar-refractivity contribution in [3.63, 3.8) is 0 Å². The molecular formula is C13H17BrN2. The highest BCUT2D eigenvalue weighted by Crippen LogP contribution is 2.19. The maximum absolute atomic E-state index is 3.30. The fourth-order valence-corrected chi connectivity index (χ4v) is 1.94. The van der Waals surface area contributed by atoms with E-state index in [-0.39, 0.29) is 17.0 Å². The molecule has 0 bridgehead atoms. The fourth-order valence-electron chi connectivity index (χ4n) is 1.94. The first-order chi connectivity index (χ1) is 7.22. The average molecular weight is 281 g/mol. The molecule has 16 heavy (non-hydrogen) atoms. The van der Waals surface area contributed by atoms with Gasteiger partial charge in [0.25, 0.3) is 5.82 Å². The SMILES string of the molecule is CC[n+]1cc[nH]c1-c1ccc(C)cc1C.[Br-]. The molecule has 0 spiro atoms. The predicted octanol–water partition coefficient (Wildman–Crippen LogP) is -0.390. The summed E-state index contributed by atoms with van der Waals surface area (Å²) in [6.45, 7) is 7.43. The average Bonchev–Trinajstić information content (AvgIpc) is 2.65. The second kappa shape index (κ2) is 5.30. The molecule has 0 fully saturated rings. The molecular weight excluding hydrogens is 264 g/mol. The van der Waals surface area contributed by atoms with E-state index in [9.17, 15) is 0 Å². The Labute approximate surface area is 107 Å². The van der Waals surface area contributed by atoms with Crippen LogP contribution in [0.5, 0.6) is 0 Å². The van der Waals surface area contributed by atoms with Crippen molar-refractivity contribution in [3.8, 4) is 11.4 Å². The molecule has 0 saturated heterocycles. The summed E-state index contributed by atoms with van der Waals surface area (Å²) in [5.74, 6) is 1.19. The van der Waals surface area contributed by atoms with Crippen LogP contribution in [-0.2, 0) is 6.54 Å². The lowest BCUT2D eigenvalue weighted by atomic mass is 10.1.